The molecule has 1 aliphatic rings. The van der Waals surface area contributed by atoms with E-state index in [1.165, 1.54) is 0 Å². The lowest BCUT2D eigenvalue weighted by molar-refractivity contribution is 0.225. The molecular formula is C14H22N2O2. The third kappa shape index (κ3) is 3.62. The van der Waals surface area contributed by atoms with Crippen molar-refractivity contribution in [2.24, 2.45) is 5.73 Å². The van der Waals surface area contributed by atoms with E-state index in [1.54, 1.807) is 0 Å². The zero-order valence-corrected chi connectivity index (χ0v) is 11.0. The van der Waals surface area contributed by atoms with E-state index in [0.29, 0.717) is 19.3 Å². The molecule has 100 valence electrons. The van der Waals surface area contributed by atoms with Crippen molar-refractivity contribution in [1.82, 2.24) is 4.90 Å². The van der Waals surface area contributed by atoms with Gasteiger partial charge in [-0.05, 0) is 32.0 Å². The van der Waals surface area contributed by atoms with Gasteiger partial charge in [-0.25, -0.2) is 0 Å². The summed E-state index contributed by atoms with van der Waals surface area (Å²) in [5.74, 6) is 1.64. The van der Waals surface area contributed by atoms with Crippen molar-refractivity contribution in [2.75, 3.05) is 32.8 Å². The summed E-state index contributed by atoms with van der Waals surface area (Å²) in [5.41, 5.74) is 5.87. The third-order valence-electron chi connectivity index (χ3n) is 3.12. The summed E-state index contributed by atoms with van der Waals surface area (Å²) in [7, 11) is 0. The fraction of sp³-hybridized carbons (Fsp3) is 0.571. The number of rotatable bonds is 6. The third-order valence-corrected chi connectivity index (χ3v) is 3.12. The molecule has 4 nitrogen and oxygen atoms in total. The maximum absolute atomic E-state index is 5.87. The van der Waals surface area contributed by atoms with Gasteiger partial charge in [0, 0.05) is 19.1 Å². The number of ether oxygens (including phenoxy) is 2. The average Bonchev–Trinajstić information content (AvgIpc) is 2.78. The molecule has 0 spiro atoms. The molecule has 0 aliphatic carbocycles. The predicted molar refractivity (Wildman–Crippen MR) is 72.1 cm³/mol. The van der Waals surface area contributed by atoms with Crippen LogP contribution in [0.1, 0.15) is 13.3 Å². The second-order valence-corrected chi connectivity index (χ2v) is 4.58. The number of nitrogens with zero attached hydrogens (tertiary/aromatic N) is 1. The molecule has 1 atom stereocenters. The molecule has 1 aromatic rings. The predicted octanol–water partition coefficient (Wildman–Crippen LogP) is 1.50. The van der Waals surface area contributed by atoms with Crippen molar-refractivity contribution in [1.29, 1.82) is 0 Å². The Hall–Kier alpha value is -1.26. The summed E-state index contributed by atoms with van der Waals surface area (Å²) < 4.78 is 11.3. The molecule has 2 rings (SSSR count). The maximum atomic E-state index is 5.87. The highest BCUT2D eigenvalue weighted by Gasteiger charge is 2.18. The molecular weight excluding hydrogens is 228 g/mol. The zero-order valence-electron chi connectivity index (χ0n) is 11.0. The van der Waals surface area contributed by atoms with Gasteiger partial charge >= 0.3 is 0 Å². The van der Waals surface area contributed by atoms with Crippen LogP contribution in [0.3, 0.4) is 0 Å². The SMILES string of the molecule is CCOc1ccccc1OCCN1CCC(N)C1. The highest BCUT2D eigenvalue weighted by atomic mass is 16.5. The fourth-order valence-corrected chi connectivity index (χ4v) is 2.19. The van der Waals surface area contributed by atoms with Crippen LogP contribution in [0.4, 0.5) is 0 Å². The van der Waals surface area contributed by atoms with Gasteiger partial charge in [0.2, 0.25) is 0 Å². The van der Waals surface area contributed by atoms with E-state index < -0.39 is 0 Å². The fourth-order valence-electron chi connectivity index (χ4n) is 2.19. The van der Waals surface area contributed by atoms with Crippen LogP contribution in [-0.4, -0.2) is 43.8 Å². The molecule has 2 N–H and O–H groups in total. The van der Waals surface area contributed by atoms with E-state index in [0.717, 1.165) is 37.6 Å². The summed E-state index contributed by atoms with van der Waals surface area (Å²) in [6.07, 6.45) is 1.09. The monoisotopic (exact) mass is 250 g/mol. The second-order valence-electron chi connectivity index (χ2n) is 4.58. The first-order valence-corrected chi connectivity index (χ1v) is 6.62. The minimum Gasteiger partial charge on any atom is -0.490 e. The van der Waals surface area contributed by atoms with Gasteiger partial charge in [0.15, 0.2) is 11.5 Å². The van der Waals surface area contributed by atoms with Gasteiger partial charge in [0.25, 0.3) is 0 Å². The van der Waals surface area contributed by atoms with Crippen LogP contribution in [0, 0.1) is 0 Å². The molecule has 4 heteroatoms. The largest absolute Gasteiger partial charge is 0.490 e. The van der Waals surface area contributed by atoms with Gasteiger partial charge in [0.1, 0.15) is 6.61 Å². The Morgan fingerprint density at radius 3 is 2.61 bits per heavy atom. The lowest BCUT2D eigenvalue weighted by Crippen LogP contribution is -2.29. The number of nitrogens with two attached hydrogens (primary N) is 1. The van der Waals surface area contributed by atoms with E-state index in [4.69, 9.17) is 15.2 Å². The van der Waals surface area contributed by atoms with Crippen molar-refractivity contribution in [3.05, 3.63) is 24.3 Å². The van der Waals surface area contributed by atoms with Gasteiger partial charge < -0.3 is 15.2 Å². The summed E-state index contributed by atoms with van der Waals surface area (Å²) in [6.45, 7) is 6.29. The second kappa shape index (κ2) is 6.61. The minimum atomic E-state index is 0.334. The van der Waals surface area contributed by atoms with Crippen molar-refractivity contribution in [3.8, 4) is 11.5 Å². The smallest absolute Gasteiger partial charge is 0.161 e. The molecule has 1 unspecified atom stereocenters. The van der Waals surface area contributed by atoms with E-state index >= 15 is 0 Å². The van der Waals surface area contributed by atoms with E-state index in [-0.39, 0.29) is 0 Å². The van der Waals surface area contributed by atoms with Crippen LogP contribution >= 0.6 is 0 Å². The molecule has 1 aliphatic heterocycles. The van der Waals surface area contributed by atoms with Gasteiger partial charge in [0.05, 0.1) is 6.61 Å². The van der Waals surface area contributed by atoms with Crippen LogP contribution in [0.15, 0.2) is 24.3 Å². The first kappa shape index (κ1) is 13.2. The van der Waals surface area contributed by atoms with Crippen molar-refractivity contribution >= 4 is 0 Å². The molecule has 1 aromatic carbocycles. The molecule has 0 amide bonds. The van der Waals surface area contributed by atoms with Crippen LogP contribution in [-0.2, 0) is 0 Å². The molecule has 1 saturated heterocycles. The van der Waals surface area contributed by atoms with Gasteiger partial charge in [-0.15, -0.1) is 0 Å². The van der Waals surface area contributed by atoms with Crippen molar-refractivity contribution in [2.45, 2.75) is 19.4 Å². The number of para-hydroxylation sites is 2. The first-order chi connectivity index (χ1) is 8.79. The van der Waals surface area contributed by atoms with Crippen LogP contribution in [0.25, 0.3) is 0 Å². The Morgan fingerprint density at radius 2 is 2.00 bits per heavy atom. The molecule has 0 radical (unpaired) electrons. The average molecular weight is 250 g/mol. The van der Waals surface area contributed by atoms with Crippen LogP contribution in [0.2, 0.25) is 0 Å². The number of benzene rings is 1. The molecule has 1 heterocycles. The highest BCUT2D eigenvalue weighted by Crippen LogP contribution is 2.26. The lowest BCUT2D eigenvalue weighted by Gasteiger charge is -2.16. The van der Waals surface area contributed by atoms with Crippen molar-refractivity contribution < 1.29 is 9.47 Å². The summed E-state index contributed by atoms with van der Waals surface area (Å²) in [5, 5.41) is 0. The Balaban J connectivity index is 1.79. The standard InChI is InChI=1S/C14H22N2O2/c1-2-17-13-5-3-4-6-14(13)18-10-9-16-8-7-12(15)11-16/h3-6,12H,2,7-11,15H2,1H3. The number of hydrogen-bond donors (Lipinski definition) is 1. The van der Waals surface area contributed by atoms with Crippen LogP contribution in [0.5, 0.6) is 11.5 Å². The van der Waals surface area contributed by atoms with Gasteiger partial charge in [-0.2, -0.15) is 0 Å². The molecule has 0 saturated carbocycles. The quantitative estimate of drug-likeness (QED) is 0.831. The minimum absolute atomic E-state index is 0.334. The molecule has 1 fully saturated rings. The van der Waals surface area contributed by atoms with E-state index in [9.17, 15) is 0 Å². The van der Waals surface area contributed by atoms with Crippen molar-refractivity contribution in [3.63, 3.8) is 0 Å². The summed E-state index contributed by atoms with van der Waals surface area (Å²) >= 11 is 0. The van der Waals surface area contributed by atoms with E-state index in [1.807, 2.05) is 31.2 Å². The lowest BCUT2D eigenvalue weighted by atomic mass is 10.3. The molecule has 0 bridgehead atoms. The Kier molecular flexibility index (Phi) is 4.84. The Bertz CT molecular complexity index is 371. The Morgan fingerprint density at radius 1 is 1.28 bits per heavy atom. The van der Waals surface area contributed by atoms with Gasteiger partial charge in [-0.1, -0.05) is 12.1 Å². The molecule has 18 heavy (non-hydrogen) atoms. The van der Waals surface area contributed by atoms with Crippen LogP contribution < -0.4 is 15.2 Å². The topological polar surface area (TPSA) is 47.7 Å². The first-order valence-electron chi connectivity index (χ1n) is 6.62. The normalized spacial score (nSPS) is 20.0. The summed E-state index contributed by atoms with van der Waals surface area (Å²) in [4.78, 5) is 2.34. The Labute approximate surface area is 109 Å². The number of likely N-dealkylation sites (tertiary alicyclic amines) is 1. The zero-order chi connectivity index (χ0) is 12.8. The summed E-state index contributed by atoms with van der Waals surface area (Å²) in [6, 6.07) is 8.13. The molecule has 0 aromatic heterocycles. The number of hydrogen-bond acceptors (Lipinski definition) is 4. The maximum Gasteiger partial charge on any atom is 0.161 e. The van der Waals surface area contributed by atoms with Gasteiger partial charge in [-0.3, -0.25) is 4.90 Å². The highest BCUT2D eigenvalue weighted by molar-refractivity contribution is 5.39. The van der Waals surface area contributed by atoms with E-state index in [2.05, 4.69) is 4.90 Å².